The predicted octanol–water partition coefficient (Wildman–Crippen LogP) is 1.89. The summed E-state index contributed by atoms with van der Waals surface area (Å²) < 4.78 is 21.1. The number of morpholine rings is 1. The summed E-state index contributed by atoms with van der Waals surface area (Å²) in [5, 5.41) is 3.88. The van der Waals surface area contributed by atoms with Crippen LogP contribution in [-0.2, 0) is 20.9 Å². The third-order valence-electron chi connectivity index (χ3n) is 4.34. The highest BCUT2D eigenvalue weighted by Crippen LogP contribution is 2.18. The van der Waals surface area contributed by atoms with Gasteiger partial charge in [-0.25, -0.2) is 4.79 Å². The summed E-state index contributed by atoms with van der Waals surface area (Å²) in [5.41, 5.74) is 2.05. The topological polar surface area (TPSA) is 91.1 Å². The fourth-order valence-electron chi connectivity index (χ4n) is 2.67. The maximum atomic E-state index is 12.1. The van der Waals surface area contributed by atoms with Gasteiger partial charge in [0, 0.05) is 13.1 Å². The molecule has 1 aliphatic heterocycles. The lowest BCUT2D eigenvalue weighted by molar-refractivity contribution is -0.138. The Morgan fingerprint density at radius 2 is 1.85 bits per heavy atom. The summed E-state index contributed by atoms with van der Waals surface area (Å²) in [7, 11) is 0. The predicted molar refractivity (Wildman–Crippen MR) is 94.4 cm³/mol. The van der Waals surface area contributed by atoms with Crippen LogP contribution in [0.3, 0.4) is 0 Å². The molecule has 0 aliphatic carbocycles. The molecule has 8 nitrogen and oxygen atoms in total. The molecular formula is C19H22N2O6. The monoisotopic (exact) mass is 374 g/mol. The third-order valence-corrected chi connectivity index (χ3v) is 4.34. The zero-order chi connectivity index (χ0) is 19.2. The van der Waals surface area contributed by atoms with Gasteiger partial charge in [0.15, 0.2) is 6.61 Å². The maximum absolute atomic E-state index is 12.1. The van der Waals surface area contributed by atoms with Crippen molar-refractivity contribution in [2.24, 2.45) is 0 Å². The van der Waals surface area contributed by atoms with Crippen molar-refractivity contribution >= 4 is 11.9 Å². The fourth-order valence-corrected chi connectivity index (χ4v) is 2.67. The molecule has 1 amide bonds. The molecule has 0 spiro atoms. The lowest BCUT2D eigenvalue weighted by atomic mass is 10.2. The van der Waals surface area contributed by atoms with Crippen LogP contribution in [0.1, 0.15) is 27.4 Å². The van der Waals surface area contributed by atoms with E-state index in [9.17, 15) is 9.59 Å². The molecule has 144 valence electrons. The number of hydrogen-bond acceptors (Lipinski definition) is 7. The van der Waals surface area contributed by atoms with Crippen LogP contribution in [0.5, 0.6) is 5.75 Å². The Labute approximate surface area is 157 Å². The van der Waals surface area contributed by atoms with Gasteiger partial charge in [0.1, 0.15) is 18.1 Å². The van der Waals surface area contributed by atoms with Gasteiger partial charge in [-0.1, -0.05) is 5.16 Å². The molecule has 0 unspecified atom stereocenters. The first kappa shape index (κ1) is 18.9. The molecule has 27 heavy (non-hydrogen) atoms. The van der Waals surface area contributed by atoms with E-state index in [1.54, 1.807) is 29.2 Å². The lowest BCUT2D eigenvalue weighted by Gasteiger charge is -2.26. The molecule has 0 N–H and O–H groups in total. The Bertz CT molecular complexity index is 774. The molecule has 3 rings (SSSR count). The van der Waals surface area contributed by atoms with Crippen LogP contribution < -0.4 is 4.74 Å². The first-order valence-electron chi connectivity index (χ1n) is 8.72. The van der Waals surface area contributed by atoms with E-state index >= 15 is 0 Å². The Morgan fingerprint density at radius 3 is 2.48 bits per heavy atom. The first-order valence-corrected chi connectivity index (χ1v) is 8.72. The lowest BCUT2D eigenvalue weighted by Crippen LogP contribution is -2.42. The second-order valence-electron chi connectivity index (χ2n) is 6.19. The van der Waals surface area contributed by atoms with E-state index in [0.717, 1.165) is 17.0 Å². The number of amides is 1. The molecule has 1 saturated heterocycles. The summed E-state index contributed by atoms with van der Waals surface area (Å²) in [6.07, 6.45) is 0. The minimum absolute atomic E-state index is 0.217. The largest absolute Gasteiger partial charge is 0.489 e. The summed E-state index contributed by atoms with van der Waals surface area (Å²) in [6, 6.07) is 6.56. The SMILES string of the molecule is Cc1noc(C)c1COc1ccc(C(=O)OCC(=O)N2CCOCC2)cc1. The average molecular weight is 374 g/mol. The molecule has 0 radical (unpaired) electrons. The van der Waals surface area contributed by atoms with Crippen molar-refractivity contribution in [1.82, 2.24) is 10.1 Å². The molecule has 2 aromatic rings. The summed E-state index contributed by atoms with van der Waals surface area (Å²) >= 11 is 0. The van der Waals surface area contributed by atoms with Crippen molar-refractivity contribution in [2.75, 3.05) is 32.9 Å². The van der Waals surface area contributed by atoms with E-state index in [0.29, 0.717) is 44.2 Å². The van der Waals surface area contributed by atoms with Gasteiger partial charge in [0.2, 0.25) is 0 Å². The number of nitrogens with zero attached hydrogens (tertiary/aromatic N) is 2. The zero-order valence-corrected chi connectivity index (χ0v) is 15.4. The van der Waals surface area contributed by atoms with Crippen molar-refractivity contribution in [1.29, 1.82) is 0 Å². The van der Waals surface area contributed by atoms with Gasteiger partial charge < -0.3 is 23.6 Å². The van der Waals surface area contributed by atoms with E-state index in [-0.39, 0.29) is 12.5 Å². The molecule has 1 aromatic carbocycles. The zero-order valence-electron chi connectivity index (χ0n) is 15.4. The minimum atomic E-state index is -0.547. The Kier molecular flexibility index (Phi) is 6.08. The average Bonchev–Trinajstić information content (AvgIpc) is 3.03. The van der Waals surface area contributed by atoms with Gasteiger partial charge in [-0.15, -0.1) is 0 Å². The van der Waals surface area contributed by atoms with Crippen LogP contribution in [0.2, 0.25) is 0 Å². The van der Waals surface area contributed by atoms with Crippen LogP contribution in [0.25, 0.3) is 0 Å². The van der Waals surface area contributed by atoms with Gasteiger partial charge >= 0.3 is 5.97 Å². The van der Waals surface area contributed by atoms with Gasteiger partial charge in [-0.05, 0) is 38.1 Å². The number of benzene rings is 1. The summed E-state index contributed by atoms with van der Waals surface area (Å²) in [4.78, 5) is 25.7. The molecule has 0 bridgehead atoms. The number of aromatic nitrogens is 1. The number of hydrogen-bond donors (Lipinski definition) is 0. The third kappa shape index (κ3) is 4.85. The number of carbonyl (C=O) groups is 2. The van der Waals surface area contributed by atoms with Gasteiger partial charge in [0.25, 0.3) is 5.91 Å². The second-order valence-corrected chi connectivity index (χ2v) is 6.19. The van der Waals surface area contributed by atoms with Gasteiger partial charge in [0.05, 0.1) is 30.0 Å². The molecule has 1 aromatic heterocycles. The Balaban J connectivity index is 1.49. The van der Waals surface area contributed by atoms with E-state index in [1.807, 2.05) is 13.8 Å². The maximum Gasteiger partial charge on any atom is 0.338 e. The minimum Gasteiger partial charge on any atom is -0.489 e. The standard InChI is InChI=1S/C19H22N2O6/c1-13-17(14(2)27-20-13)11-25-16-5-3-15(4-6-16)19(23)26-12-18(22)21-7-9-24-10-8-21/h3-6H,7-12H2,1-2H3. The number of esters is 1. The van der Waals surface area contributed by atoms with E-state index < -0.39 is 5.97 Å². The van der Waals surface area contributed by atoms with Crippen LogP contribution in [0.4, 0.5) is 0 Å². The number of rotatable bonds is 6. The van der Waals surface area contributed by atoms with Crippen molar-refractivity contribution in [3.05, 3.63) is 46.8 Å². The Morgan fingerprint density at radius 1 is 1.15 bits per heavy atom. The molecular weight excluding hydrogens is 352 g/mol. The molecule has 8 heteroatoms. The highest BCUT2D eigenvalue weighted by atomic mass is 16.5. The van der Waals surface area contributed by atoms with Crippen molar-refractivity contribution in [3.8, 4) is 5.75 Å². The summed E-state index contributed by atoms with van der Waals surface area (Å²) in [6.45, 7) is 5.80. The van der Waals surface area contributed by atoms with Gasteiger partial charge in [-0.3, -0.25) is 4.79 Å². The summed E-state index contributed by atoms with van der Waals surface area (Å²) in [5.74, 6) is 0.563. The van der Waals surface area contributed by atoms with Crippen molar-refractivity contribution in [2.45, 2.75) is 20.5 Å². The highest BCUT2D eigenvalue weighted by molar-refractivity contribution is 5.91. The van der Waals surface area contributed by atoms with Crippen LogP contribution in [0.15, 0.2) is 28.8 Å². The molecule has 0 saturated carbocycles. The molecule has 2 heterocycles. The normalized spacial score (nSPS) is 14.1. The van der Waals surface area contributed by atoms with Crippen LogP contribution in [0, 0.1) is 13.8 Å². The van der Waals surface area contributed by atoms with Crippen molar-refractivity contribution < 1.29 is 28.3 Å². The van der Waals surface area contributed by atoms with E-state index in [4.69, 9.17) is 18.7 Å². The molecule has 1 aliphatic rings. The van der Waals surface area contributed by atoms with Crippen LogP contribution >= 0.6 is 0 Å². The van der Waals surface area contributed by atoms with Crippen molar-refractivity contribution in [3.63, 3.8) is 0 Å². The number of aryl methyl sites for hydroxylation is 2. The van der Waals surface area contributed by atoms with Crippen LogP contribution in [-0.4, -0.2) is 54.8 Å². The highest BCUT2D eigenvalue weighted by Gasteiger charge is 2.19. The quantitative estimate of drug-likeness (QED) is 0.713. The van der Waals surface area contributed by atoms with Gasteiger partial charge in [-0.2, -0.15) is 0 Å². The number of ether oxygens (including phenoxy) is 3. The smallest absolute Gasteiger partial charge is 0.338 e. The van der Waals surface area contributed by atoms with E-state index in [1.165, 1.54) is 0 Å². The Hall–Kier alpha value is -2.87. The van der Waals surface area contributed by atoms with E-state index in [2.05, 4.69) is 5.16 Å². The second kappa shape index (κ2) is 8.68. The first-order chi connectivity index (χ1) is 13.0. The fraction of sp³-hybridized carbons (Fsp3) is 0.421. The number of carbonyl (C=O) groups excluding carboxylic acids is 2. The molecule has 0 atom stereocenters. The molecule has 1 fully saturated rings.